The molecule has 5 rings (SSSR count). The average Bonchev–Trinajstić information content (AvgIpc) is 3.46. The zero-order chi connectivity index (χ0) is 30.3. The minimum absolute atomic E-state index is 0.0334. The Kier molecular flexibility index (Phi) is 9.35. The molecule has 3 aromatic carbocycles. The van der Waals surface area contributed by atoms with Crippen LogP contribution in [0.4, 0.5) is 5.69 Å². The Bertz CT molecular complexity index is 1610. The van der Waals surface area contributed by atoms with Crippen LogP contribution < -0.4 is 4.74 Å². The number of nitro benzene ring substituents is 1. The van der Waals surface area contributed by atoms with Crippen LogP contribution in [0.1, 0.15) is 30.1 Å². The fourth-order valence-electron chi connectivity index (χ4n) is 5.12. The molecule has 43 heavy (non-hydrogen) atoms. The van der Waals surface area contributed by atoms with E-state index in [4.69, 9.17) is 4.74 Å². The molecule has 1 aliphatic heterocycles. The maximum Gasteiger partial charge on any atom is 0.270 e. The number of ether oxygens (including phenoxy) is 1. The average molecular weight is 601 g/mol. The molecule has 11 nitrogen and oxygen atoms in total. The summed E-state index contributed by atoms with van der Waals surface area (Å²) in [7, 11) is 1.63. The molecule has 0 N–H and O–H groups in total. The highest BCUT2D eigenvalue weighted by Crippen LogP contribution is 2.32. The van der Waals surface area contributed by atoms with Gasteiger partial charge in [0.25, 0.3) is 11.6 Å². The summed E-state index contributed by atoms with van der Waals surface area (Å²) < 4.78 is 7.61. The molecule has 0 radical (unpaired) electrons. The summed E-state index contributed by atoms with van der Waals surface area (Å²) in [6, 6.07) is 23.1. The number of carbonyl (C=O) groups is 2. The first-order valence-electron chi connectivity index (χ1n) is 14.0. The van der Waals surface area contributed by atoms with Gasteiger partial charge in [0.15, 0.2) is 11.0 Å². The van der Waals surface area contributed by atoms with Crippen LogP contribution in [0.3, 0.4) is 0 Å². The van der Waals surface area contributed by atoms with E-state index in [9.17, 15) is 19.7 Å². The first-order chi connectivity index (χ1) is 20.9. The van der Waals surface area contributed by atoms with Crippen molar-refractivity contribution in [2.45, 2.75) is 31.0 Å². The van der Waals surface area contributed by atoms with Gasteiger partial charge in [-0.25, -0.2) is 0 Å². The van der Waals surface area contributed by atoms with Gasteiger partial charge in [-0.2, -0.15) is 0 Å². The zero-order valence-corrected chi connectivity index (χ0v) is 24.8. The molecule has 1 atom stereocenters. The number of thioether (sulfide) groups is 1. The molecule has 0 bridgehead atoms. The number of carbonyl (C=O) groups excluding carboxylic acids is 2. The van der Waals surface area contributed by atoms with Gasteiger partial charge >= 0.3 is 0 Å². The molecule has 1 unspecified atom stereocenters. The Labute approximate surface area is 253 Å². The molecule has 12 heteroatoms. The highest BCUT2D eigenvalue weighted by molar-refractivity contribution is 7.99. The van der Waals surface area contributed by atoms with Crippen LogP contribution in [-0.2, 0) is 4.79 Å². The third-order valence-corrected chi connectivity index (χ3v) is 8.32. The standard InChI is InChI=1S/C31H32N6O5S/c1-22-21-34(17-18-35(22)30(39)24-12-8-13-25(20-24)37(40)41)28(38)16-9-19-43-31-33-32-29(23-10-4-3-5-11-23)36(31)26-14-6-7-15-27(26)42-2/h3-8,10-15,20,22H,9,16-19,21H2,1-2H3. The Morgan fingerprint density at radius 3 is 2.53 bits per heavy atom. The molecule has 4 aromatic rings. The van der Waals surface area contributed by atoms with E-state index in [1.54, 1.807) is 23.0 Å². The molecule has 0 aliphatic carbocycles. The van der Waals surface area contributed by atoms with E-state index >= 15 is 0 Å². The van der Waals surface area contributed by atoms with Crippen LogP contribution in [-0.4, -0.2) is 79.8 Å². The van der Waals surface area contributed by atoms with Crippen LogP contribution in [0.15, 0.2) is 84.0 Å². The van der Waals surface area contributed by atoms with E-state index in [2.05, 4.69) is 10.2 Å². The van der Waals surface area contributed by atoms with Crippen LogP contribution in [0.2, 0.25) is 0 Å². The van der Waals surface area contributed by atoms with Crippen molar-refractivity contribution in [1.82, 2.24) is 24.6 Å². The van der Waals surface area contributed by atoms with E-state index in [0.29, 0.717) is 55.0 Å². The third kappa shape index (κ3) is 6.69. The Balaban J connectivity index is 1.19. The van der Waals surface area contributed by atoms with E-state index in [1.165, 1.54) is 30.0 Å². The van der Waals surface area contributed by atoms with Gasteiger partial charge in [-0.3, -0.25) is 24.3 Å². The van der Waals surface area contributed by atoms with E-state index in [0.717, 1.165) is 11.3 Å². The number of rotatable bonds is 10. The summed E-state index contributed by atoms with van der Waals surface area (Å²) >= 11 is 1.53. The van der Waals surface area contributed by atoms with Crippen molar-refractivity contribution >= 4 is 29.3 Å². The summed E-state index contributed by atoms with van der Waals surface area (Å²) in [5.41, 5.74) is 1.91. The Hall–Kier alpha value is -4.71. The maximum atomic E-state index is 13.1. The molecular formula is C31H32N6O5S. The lowest BCUT2D eigenvalue weighted by Crippen LogP contribution is -2.55. The Morgan fingerprint density at radius 2 is 1.79 bits per heavy atom. The number of amides is 2. The van der Waals surface area contributed by atoms with Crippen LogP contribution in [0.25, 0.3) is 17.1 Å². The van der Waals surface area contributed by atoms with Crippen molar-refractivity contribution in [2.75, 3.05) is 32.5 Å². The van der Waals surface area contributed by atoms with Crippen LogP contribution >= 0.6 is 11.8 Å². The molecule has 1 saturated heterocycles. The van der Waals surface area contributed by atoms with Gasteiger partial charge < -0.3 is 14.5 Å². The predicted molar refractivity (Wildman–Crippen MR) is 163 cm³/mol. The number of nitro groups is 1. The normalized spacial score (nSPS) is 14.9. The van der Waals surface area contributed by atoms with Crippen LogP contribution in [0.5, 0.6) is 5.75 Å². The van der Waals surface area contributed by atoms with Gasteiger partial charge in [-0.1, -0.05) is 60.3 Å². The molecule has 0 spiro atoms. The molecule has 1 aromatic heterocycles. The van der Waals surface area contributed by atoms with Gasteiger partial charge in [-0.15, -0.1) is 10.2 Å². The van der Waals surface area contributed by atoms with Crippen molar-refractivity contribution in [2.24, 2.45) is 0 Å². The fourth-order valence-corrected chi connectivity index (χ4v) is 6.00. The minimum atomic E-state index is -0.514. The van der Waals surface area contributed by atoms with E-state index < -0.39 is 4.92 Å². The third-order valence-electron chi connectivity index (χ3n) is 7.30. The SMILES string of the molecule is COc1ccccc1-n1c(SCCCC(=O)N2CCN(C(=O)c3cccc([N+](=O)[O-])c3)C(C)C2)nnc1-c1ccccc1. The number of aromatic nitrogens is 3. The number of benzene rings is 3. The second-order valence-electron chi connectivity index (χ2n) is 10.1. The number of para-hydroxylation sites is 2. The Morgan fingerprint density at radius 1 is 1.02 bits per heavy atom. The topological polar surface area (TPSA) is 124 Å². The molecule has 222 valence electrons. The molecule has 1 fully saturated rings. The largest absolute Gasteiger partial charge is 0.495 e. The summed E-state index contributed by atoms with van der Waals surface area (Å²) in [4.78, 5) is 40.2. The molecule has 2 heterocycles. The quantitative estimate of drug-likeness (QED) is 0.107. The summed E-state index contributed by atoms with van der Waals surface area (Å²) in [6.07, 6.45) is 1.01. The van der Waals surface area contributed by atoms with Crippen molar-refractivity contribution in [1.29, 1.82) is 0 Å². The highest BCUT2D eigenvalue weighted by Gasteiger charge is 2.30. The van der Waals surface area contributed by atoms with Gasteiger partial charge in [0.1, 0.15) is 5.75 Å². The van der Waals surface area contributed by atoms with Crippen LogP contribution in [0, 0.1) is 10.1 Å². The zero-order valence-electron chi connectivity index (χ0n) is 24.0. The summed E-state index contributed by atoms with van der Waals surface area (Å²) in [6.45, 7) is 3.09. The van der Waals surface area contributed by atoms with Gasteiger partial charge in [-0.05, 0) is 31.5 Å². The lowest BCUT2D eigenvalue weighted by atomic mass is 10.1. The fraction of sp³-hybridized carbons (Fsp3) is 0.290. The second-order valence-corrected chi connectivity index (χ2v) is 11.2. The summed E-state index contributed by atoms with van der Waals surface area (Å²) in [5.74, 6) is 1.83. The van der Waals surface area contributed by atoms with Gasteiger partial charge in [0.05, 0.1) is 17.7 Å². The smallest absolute Gasteiger partial charge is 0.270 e. The predicted octanol–water partition coefficient (Wildman–Crippen LogP) is 5.10. The number of piperazine rings is 1. The first-order valence-corrected chi connectivity index (χ1v) is 15.0. The number of non-ortho nitro benzene ring substituents is 1. The molecule has 1 aliphatic rings. The first kappa shape index (κ1) is 29.8. The molecule has 0 saturated carbocycles. The minimum Gasteiger partial charge on any atom is -0.495 e. The number of nitrogens with zero attached hydrogens (tertiary/aromatic N) is 6. The van der Waals surface area contributed by atoms with Crippen molar-refractivity contribution in [3.05, 3.63) is 94.5 Å². The van der Waals surface area contributed by atoms with E-state index in [1.807, 2.05) is 66.1 Å². The van der Waals surface area contributed by atoms with Gasteiger partial charge in [0.2, 0.25) is 5.91 Å². The molecular weight excluding hydrogens is 568 g/mol. The second kappa shape index (κ2) is 13.5. The number of hydrogen-bond acceptors (Lipinski definition) is 8. The number of hydrogen-bond donors (Lipinski definition) is 0. The van der Waals surface area contributed by atoms with Crippen molar-refractivity contribution in [3.63, 3.8) is 0 Å². The van der Waals surface area contributed by atoms with Gasteiger partial charge in [0, 0.05) is 61.1 Å². The lowest BCUT2D eigenvalue weighted by Gasteiger charge is -2.40. The maximum absolute atomic E-state index is 13.1. The van der Waals surface area contributed by atoms with Crippen molar-refractivity contribution in [3.8, 4) is 22.8 Å². The highest BCUT2D eigenvalue weighted by atomic mass is 32.2. The monoisotopic (exact) mass is 600 g/mol. The number of methoxy groups -OCH3 is 1. The van der Waals surface area contributed by atoms with Crippen molar-refractivity contribution < 1.29 is 19.2 Å². The molecule has 2 amide bonds. The lowest BCUT2D eigenvalue weighted by molar-refractivity contribution is -0.384. The van der Waals surface area contributed by atoms with E-state index in [-0.39, 0.29) is 29.1 Å². The summed E-state index contributed by atoms with van der Waals surface area (Å²) in [5, 5.41) is 20.8.